The van der Waals surface area contributed by atoms with Crippen LogP contribution in [0.5, 0.6) is 5.75 Å². The molecule has 2 aromatic rings. The molecule has 0 saturated heterocycles. The lowest BCUT2D eigenvalue weighted by molar-refractivity contribution is 0.0940. The molecule has 4 heteroatoms. The summed E-state index contributed by atoms with van der Waals surface area (Å²) in [5.74, 6) is 1.16. The van der Waals surface area contributed by atoms with Gasteiger partial charge in [-0.1, -0.05) is 13.8 Å². The van der Waals surface area contributed by atoms with Gasteiger partial charge in [0.2, 0.25) is 0 Å². The second-order valence-electron chi connectivity index (χ2n) is 5.70. The summed E-state index contributed by atoms with van der Waals surface area (Å²) in [6, 6.07) is 11.0. The third-order valence-corrected chi connectivity index (χ3v) is 3.25. The molecule has 0 aliphatic rings. The van der Waals surface area contributed by atoms with Crippen molar-refractivity contribution in [2.75, 3.05) is 6.61 Å². The highest BCUT2D eigenvalue weighted by atomic mass is 16.5. The third-order valence-electron chi connectivity index (χ3n) is 3.25. The van der Waals surface area contributed by atoms with E-state index in [4.69, 9.17) is 4.74 Å². The van der Waals surface area contributed by atoms with Crippen molar-refractivity contribution in [3.63, 3.8) is 0 Å². The first-order valence-corrected chi connectivity index (χ1v) is 7.50. The number of ether oxygens (including phenoxy) is 1. The molecule has 0 saturated carbocycles. The number of amides is 1. The van der Waals surface area contributed by atoms with Gasteiger partial charge in [-0.25, -0.2) is 0 Å². The van der Waals surface area contributed by atoms with Crippen molar-refractivity contribution < 1.29 is 9.53 Å². The average molecular weight is 298 g/mol. The van der Waals surface area contributed by atoms with Crippen molar-refractivity contribution in [3.8, 4) is 5.75 Å². The Morgan fingerprint density at radius 2 is 1.73 bits per heavy atom. The number of rotatable bonds is 6. The molecule has 1 aromatic carbocycles. The quantitative estimate of drug-likeness (QED) is 0.886. The van der Waals surface area contributed by atoms with Gasteiger partial charge < -0.3 is 10.1 Å². The molecule has 116 valence electrons. The van der Waals surface area contributed by atoms with Crippen LogP contribution in [0.25, 0.3) is 0 Å². The van der Waals surface area contributed by atoms with E-state index in [0.29, 0.717) is 18.1 Å². The number of carbonyl (C=O) groups is 1. The first-order chi connectivity index (χ1) is 10.6. The molecule has 0 fully saturated rings. The maximum absolute atomic E-state index is 12.2. The van der Waals surface area contributed by atoms with Crippen LogP contribution in [0.15, 0.2) is 48.8 Å². The van der Waals surface area contributed by atoms with E-state index in [1.165, 1.54) is 0 Å². The van der Waals surface area contributed by atoms with Crippen LogP contribution in [0.2, 0.25) is 0 Å². The minimum absolute atomic E-state index is 0.0626. The third kappa shape index (κ3) is 4.58. The molecule has 1 aromatic heterocycles. The Hall–Kier alpha value is -2.36. The maximum atomic E-state index is 12.2. The van der Waals surface area contributed by atoms with Crippen LogP contribution in [0, 0.1) is 5.92 Å². The SMILES string of the molecule is CC(C)COc1ccc(C(=O)N[C@@H](C)c2ccncc2)cc1. The summed E-state index contributed by atoms with van der Waals surface area (Å²) in [6.07, 6.45) is 3.44. The Balaban J connectivity index is 1.95. The zero-order valence-electron chi connectivity index (χ0n) is 13.2. The molecular weight excluding hydrogens is 276 g/mol. The Bertz CT molecular complexity index is 594. The highest BCUT2D eigenvalue weighted by Gasteiger charge is 2.11. The predicted octanol–water partition coefficient (Wildman–Crippen LogP) is 3.61. The standard InChI is InChI=1S/C18H22N2O2/c1-13(2)12-22-17-6-4-16(5-7-17)18(21)20-14(3)15-8-10-19-11-9-15/h4-11,13-14H,12H2,1-3H3,(H,20,21)/t14-/m0/s1. The summed E-state index contributed by atoms with van der Waals surface area (Å²) in [5, 5.41) is 2.97. The van der Waals surface area contributed by atoms with E-state index in [1.807, 2.05) is 31.2 Å². The largest absolute Gasteiger partial charge is 0.493 e. The predicted molar refractivity (Wildman–Crippen MR) is 86.9 cm³/mol. The topological polar surface area (TPSA) is 51.2 Å². The highest BCUT2D eigenvalue weighted by Crippen LogP contribution is 2.15. The van der Waals surface area contributed by atoms with Crippen LogP contribution in [0.1, 0.15) is 42.7 Å². The van der Waals surface area contributed by atoms with E-state index in [9.17, 15) is 4.79 Å². The van der Waals surface area contributed by atoms with E-state index < -0.39 is 0 Å². The lowest BCUT2D eigenvalue weighted by Crippen LogP contribution is -2.26. The Labute approximate surface area is 131 Å². The van der Waals surface area contributed by atoms with E-state index in [-0.39, 0.29) is 11.9 Å². The van der Waals surface area contributed by atoms with Gasteiger partial charge in [0.15, 0.2) is 0 Å². The second-order valence-corrected chi connectivity index (χ2v) is 5.70. The fourth-order valence-electron chi connectivity index (χ4n) is 1.98. The van der Waals surface area contributed by atoms with Crippen molar-refractivity contribution in [2.24, 2.45) is 5.92 Å². The molecule has 0 spiro atoms. The van der Waals surface area contributed by atoms with Crippen molar-refractivity contribution >= 4 is 5.91 Å². The monoisotopic (exact) mass is 298 g/mol. The summed E-state index contributed by atoms with van der Waals surface area (Å²) in [5.41, 5.74) is 1.65. The van der Waals surface area contributed by atoms with Crippen molar-refractivity contribution in [3.05, 3.63) is 59.9 Å². The van der Waals surface area contributed by atoms with Crippen molar-refractivity contribution in [2.45, 2.75) is 26.8 Å². The smallest absolute Gasteiger partial charge is 0.251 e. The highest BCUT2D eigenvalue weighted by molar-refractivity contribution is 5.94. The van der Waals surface area contributed by atoms with Gasteiger partial charge in [-0.15, -0.1) is 0 Å². The molecule has 22 heavy (non-hydrogen) atoms. The average Bonchev–Trinajstić information content (AvgIpc) is 2.54. The van der Waals surface area contributed by atoms with Crippen LogP contribution in [-0.2, 0) is 0 Å². The molecule has 0 aliphatic heterocycles. The Morgan fingerprint density at radius 3 is 2.32 bits per heavy atom. The lowest BCUT2D eigenvalue weighted by atomic mass is 10.1. The summed E-state index contributed by atoms with van der Waals surface area (Å²) in [6.45, 7) is 6.82. The zero-order chi connectivity index (χ0) is 15.9. The first kappa shape index (κ1) is 16.0. The summed E-state index contributed by atoms with van der Waals surface area (Å²) in [7, 11) is 0. The normalized spacial score (nSPS) is 12.0. The van der Waals surface area contributed by atoms with Crippen LogP contribution < -0.4 is 10.1 Å². The number of carbonyl (C=O) groups excluding carboxylic acids is 1. The number of aromatic nitrogens is 1. The summed E-state index contributed by atoms with van der Waals surface area (Å²) >= 11 is 0. The molecule has 1 N–H and O–H groups in total. The number of nitrogens with zero attached hydrogens (tertiary/aromatic N) is 1. The second kappa shape index (κ2) is 7.59. The van der Waals surface area contributed by atoms with E-state index >= 15 is 0 Å². The van der Waals surface area contributed by atoms with Crippen LogP contribution in [0.3, 0.4) is 0 Å². The van der Waals surface area contributed by atoms with Gasteiger partial charge in [-0.2, -0.15) is 0 Å². The number of hydrogen-bond acceptors (Lipinski definition) is 3. The van der Waals surface area contributed by atoms with Crippen molar-refractivity contribution in [1.82, 2.24) is 10.3 Å². The molecule has 0 aliphatic carbocycles. The first-order valence-electron chi connectivity index (χ1n) is 7.50. The van der Waals surface area contributed by atoms with Crippen LogP contribution in [-0.4, -0.2) is 17.5 Å². The molecule has 0 unspecified atom stereocenters. The van der Waals surface area contributed by atoms with Crippen LogP contribution in [0.4, 0.5) is 0 Å². The fraction of sp³-hybridized carbons (Fsp3) is 0.333. The van der Waals surface area contributed by atoms with Gasteiger partial charge in [-0.3, -0.25) is 9.78 Å². The summed E-state index contributed by atoms with van der Waals surface area (Å²) in [4.78, 5) is 16.2. The maximum Gasteiger partial charge on any atom is 0.251 e. The minimum Gasteiger partial charge on any atom is -0.493 e. The van der Waals surface area contributed by atoms with Gasteiger partial charge in [-0.05, 0) is 54.8 Å². The van der Waals surface area contributed by atoms with Gasteiger partial charge >= 0.3 is 0 Å². The number of pyridine rings is 1. The van der Waals surface area contributed by atoms with Crippen molar-refractivity contribution in [1.29, 1.82) is 0 Å². The Morgan fingerprint density at radius 1 is 1.09 bits per heavy atom. The fourth-order valence-corrected chi connectivity index (χ4v) is 1.98. The van der Waals surface area contributed by atoms with Crippen LogP contribution >= 0.6 is 0 Å². The minimum atomic E-state index is -0.0975. The Kier molecular flexibility index (Phi) is 5.53. The lowest BCUT2D eigenvalue weighted by Gasteiger charge is -2.14. The molecule has 0 radical (unpaired) electrons. The molecule has 0 bridgehead atoms. The van der Waals surface area contributed by atoms with Gasteiger partial charge in [0.25, 0.3) is 5.91 Å². The van der Waals surface area contributed by atoms with Gasteiger partial charge in [0.05, 0.1) is 12.6 Å². The molecule has 1 heterocycles. The van der Waals surface area contributed by atoms with Gasteiger partial charge in [0.1, 0.15) is 5.75 Å². The zero-order valence-corrected chi connectivity index (χ0v) is 13.2. The molecular formula is C18H22N2O2. The van der Waals surface area contributed by atoms with E-state index in [1.54, 1.807) is 24.5 Å². The molecule has 1 atom stereocenters. The molecule has 2 rings (SSSR count). The molecule has 1 amide bonds. The number of nitrogens with one attached hydrogen (secondary N) is 1. The van der Waals surface area contributed by atoms with Gasteiger partial charge in [0, 0.05) is 18.0 Å². The molecule has 4 nitrogen and oxygen atoms in total. The number of hydrogen-bond donors (Lipinski definition) is 1. The summed E-state index contributed by atoms with van der Waals surface area (Å²) < 4.78 is 5.61. The van der Waals surface area contributed by atoms with E-state index in [2.05, 4.69) is 24.1 Å². The van der Waals surface area contributed by atoms with E-state index in [0.717, 1.165) is 11.3 Å². The number of benzene rings is 1.